The Kier molecular flexibility index (Phi) is 3.92. The van der Waals surface area contributed by atoms with Crippen LogP contribution in [0.15, 0.2) is 54.6 Å². The van der Waals surface area contributed by atoms with Crippen LogP contribution in [-0.2, 0) is 16.1 Å². The minimum absolute atomic E-state index is 0.00376. The van der Waals surface area contributed by atoms with E-state index in [1.54, 1.807) is 4.90 Å². The summed E-state index contributed by atoms with van der Waals surface area (Å²) in [6.07, 6.45) is 0.923. The standard InChI is InChI=1S/C18H18N2O2/c19-18(22)16-10-11-17(21)20(16)12-13-6-8-15(9-7-13)14-4-2-1-3-5-14/h1-9,16H,10-12H2,(H2,19,22)/t16-/m0/s1. The Morgan fingerprint density at radius 1 is 1.05 bits per heavy atom. The summed E-state index contributed by atoms with van der Waals surface area (Å²) in [5.41, 5.74) is 8.65. The van der Waals surface area contributed by atoms with Crippen LogP contribution in [0, 0.1) is 0 Å². The van der Waals surface area contributed by atoms with E-state index in [1.807, 2.05) is 42.5 Å². The molecule has 1 heterocycles. The summed E-state index contributed by atoms with van der Waals surface area (Å²) in [4.78, 5) is 24.9. The van der Waals surface area contributed by atoms with Gasteiger partial charge >= 0.3 is 0 Å². The minimum atomic E-state index is -0.471. The number of nitrogens with two attached hydrogens (primary N) is 1. The molecule has 4 heteroatoms. The van der Waals surface area contributed by atoms with Crippen molar-refractivity contribution < 1.29 is 9.59 Å². The van der Waals surface area contributed by atoms with Crippen LogP contribution in [0.4, 0.5) is 0 Å². The number of amides is 2. The number of benzene rings is 2. The van der Waals surface area contributed by atoms with Gasteiger partial charge in [0.2, 0.25) is 11.8 Å². The molecule has 0 aromatic heterocycles. The van der Waals surface area contributed by atoms with Crippen LogP contribution in [-0.4, -0.2) is 22.8 Å². The van der Waals surface area contributed by atoms with Crippen LogP contribution >= 0.6 is 0 Å². The van der Waals surface area contributed by atoms with Gasteiger partial charge in [-0.3, -0.25) is 9.59 Å². The SMILES string of the molecule is NC(=O)[C@@H]1CCC(=O)N1Cc1ccc(-c2ccccc2)cc1. The van der Waals surface area contributed by atoms with Gasteiger partial charge in [0.1, 0.15) is 6.04 Å². The summed E-state index contributed by atoms with van der Waals surface area (Å²) in [7, 11) is 0. The van der Waals surface area contributed by atoms with Crippen LogP contribution in [0.1, 0.15) is 18.4 Å². The van der Waals surface area contributed by atoms with E-state index >= 15 is 0 Å². The third kappa shape index (κ3) is 2.86. The molecule has 112 valence electrons. The summed E-state index contributed by atoms with van der Waals surface area (Å²) in [5.74, 6) is -0.428. The third-order valence-corrected chi connectivity index (χ3v) is 4.07. The zero-order valence-electron chi connectivity index (χ0n) is 12.2. The van der Waals surface area contributed by atoms with Gasteiger partial charge in [-0.25, -0.2) is 0 Å². The van der Waals surface area contributed by atoms with Crippen molar-refractivity contribution in [2.24, 2.45) is 5.73 Å². The topological polar surface area (TPSA) is 63.4 Å². The summed E-state index contributed by atoms with van der Waals surface area (Å²) in [6.45, 7) is 0.432. The van der Waals surface area contributed by atoms with Crippen molar-refractivity contribution in [2.75, 3.05) is 0 Å². The predicted octanol–water partition coefficient (Wildman–Crippen LogP) is 2.33. The molecule has 2 amide bonds. The molecule has 2 N–H and O–H groups in total. The first-order chi connectivity index (χ1) is 10.6. The van der Waals surface area contributed by atoms with Crippen LogP contribution < -0.4 is 5.73 Å². The Hall–Kier alpha value is -2.62. The summed E-state index contributed by atoms with van der Waals surface area (Å²) >= 11 is 0. The lowest BCUT2D eigenvalue weighted by Crippen LogP contribution is -2.41. The van der Waals surface area contributed by atoms with E-state index in [0.717, 1.165) is 16.7 Å². The molecule has 0 aliphatic carbocycles. The van der Waals surface area contributed by atoms with E-state index in [9.17, 15) is 9.59 Å². The molecule has 2 aromatic carbocycles. The second kappa shape index (κ2) is 6.02. The van der Waals surface area contributed by atoms with E-state index in [0.29, 0.717) is 19.4 Å². The number of nitrogens with zero attached hydrogens (tertiary/aromatic N) is 1. The minimum Gasteiger partial charge on any atom is -0.368 e. The third-order valence-electron chi connectivity index (χ3n) is 4.07. The van der Waals surface area contributed by atoms with Crippen molar-refractivity contribution in [3.63, 3.8) is 0 Å². The molecule has 0 unspecified atom stereocenters. The van der Waals surface area contributed by atoms with Crippen molar-refractivity contribution in [1.82, 2.24) is 4.90 Å². The maximum Gasteiger partial charge on any atom is 0.240 e. The summed E-state index contributed by atoms with van der Waals surface area (Å²) < 4.78 is 0. The summed E-state index contributed by atoms with van der Waals surface area (Å²) in [6, 6.07) is 17.7. The van der Waals surface area contributed by atoms with Crippen molar-refractivity contribution in [2.45, 2.75) is 25.4 Å². The Labute approximate surface area is 129 Å². The number of primary amides is 1. The first-order valence-corrected chi connectivity index (χ1v) is 7.38. The van der Waals surface area contributed by atoms with E-state index in [2.05, 4.69) is 12.1 Å². The fraction of sp³-hybridized carbons (Fsp3) is 0.222. The van der Waals surface area contributed by atoms with Crippen LogP contribution in [0.2, 0.25) is 0 Å². The molecular formula is C18H18N2O2. The molecule has 0 saturated carbocycles. The number of rotatable bonds is 4. The molecule has 1 aliphatic heterocycles. The Morgan fingerprint density at radius 2 is 1.68 bits per heavy atom. The molecule has 2 aromatic rings. The van der Waals surface area contributed by atoms with Gasteiger partial charge in [0.15, 0.2) is 0 Å². The van der Waals surface area contributed by atoms with E-state index in [4.69, 9.17) is 5.73 Å². The molecule has 3 rings (SSSR count). The number of carbonyl (C=O) groups is 2. The monoisotopic (exact) mass is 294 g/mol. The second-order valence-corrected chi connectivity index (χ2v) is 5.54. The maximum atomic E-state index is 11.9. The van der Waals surface area contributed by atoms with Crippen molar-refractivity contribution >= 4 is 11.8 Å². The summed E-state index contributed by atoms with van der Waals surface area (Å²) in [5, 5.41) is 0. The molecule has 22 heavy (non-hydrogen) atoms. The Morgan fingerprint density at radius 3 is 2.32 bits per heavy atom. The van der Waals surface area contributed by atoms with Crippen molar-refractivity contribution in [3.05, 3.63) is 60.2 Å². The molecule has 1 saturated heterocycles. The smallest absolute Gasteiger partial charge is 0.240 e. The van der Waals surface area contributed by atoms with Gasteiger partial charge in [-0.2, -0.15) is 0 Å². The second-order valence-electron chi connectivity index (χ2n) is 5.54. The predicted molar refractivity (Wildman–Crippen MR) is 84.6 cm³/mol. The fourth-order valence-corrected chi connectivity index (χ4v) is 2.86. The van der Waals surface area contributed by atoms with Gasteiger partial charge in [-0.15, -0.1) is 0 Å². The zero-order valence-corrected chi connectivity index (χ0v) is 12.2. The number of hydrogen-bond acceptors (Lipinski definition) is 2. The van der Waals surface area contributed by atoms with Gasteiger partial charge in [0, 0.05) is 13.0 Å². The first-order valence-electron chi connectivity index (χ1n) is 7.38. The highest BCUT2D eigenvalue weighted by molar-refractivity contribution is 5.90. The lowest BCUT2D eigenvalue weighted by molar-refractivity contribution is -0.134. The first kappa shape index (κ1) is 14.3. The normalized spacial score (nSPS) is 17.7. The Balaban J connectivity index is 1.76. The zero-order chi connectivity index (χ0) is 15.5. The van der Waals surface area contributed by atoms with E-state index in [-0.39, 0.29) is 5.91 Å². The van der Waals surface area contributed by atoms with Gasteiger partial charge < -0.3 is 10.6 Å². The molecule has 0 radical (unpaired) electrons. The average molecular weight is 294 g/mol. The Bertz CT molecular complexity index is 680. The largest absolute Gasteiger partial charge is 0.368 e. The lowest BCUT2D eigenvalue weighted by Gasteiger charge is -2.22. The van der Waals surface area contributed by atoms with Gasteiger partial charge in [-0.1, -0.05) is 54.6 Å². The highest BCUT2D eigenvalue weighted by Crippen LogP contribution is 2.23. The fourth-order valence-electron chi connectivity index (χ4n) is 2.86. The van der Waals surface area contributed by atoms with Gasteiger partial charge in [-0.05, 0) is 23.1 Å². The molecule has 1 fully saturated rings. The maximum absolute atomic E-state index is 11.9. The van der Waals surface area contributed by atoms with Crippen molar-refractivity contribution in [1.29, 1.82) is 0 Å². The highest BCUT2D eigenvalue weighted by Gasteiger charge is 2.34. The highest BCUT2D eigenvalue weighted by atomic mass is 16.2. The molecule has 0 spiro atoms. The van der Waals surface area contributed by atoms with Crippen LogP contribution in [0.25, 0.3) is 11.1 Å². The quantitative estimate of drug-likeness (QED) is 0.940. The van der Waals surface area contributed by atoms with Gasteiger partial charge in [0.25, 0.3) is 0 Å². The molecular weight excluding hydrogens is 276 g/mol. The van der Waals surface area contributed by atoms with E-state index < -0.39 is 11.9 Å². The van der Waals surface area contributed by atoms with E-state index in [1.165, 1.54) is 0 Å². The lowest BCUT2D eigenvalue weighted by atomic mass is 10.0. The van der Waals surface area contributed by atoms with Gasteiger partial charge in [0.05, 0.1) is 0 Å². The molecule has 0 bridgehead atoms. The average Bonchev–Trinajstić information content (AvgIpc) is 2.90. The number of carbonyl (C=O) groups excluding carboxylic acids is 2. The van der Waals surface area contributed by atoms with Crippen molar-refractivity contribution in [3.8, 4) is 11.1 Å². The molecule has 1 atom stereocenters. The number of hydrogen-bond donors (Lipinski definition) is 1. The molecule has 4 nitrogen and oxygen atoms in total. The molecule has 1 aliphatic rings. The van der Waals surface area contributed by atoms with Crippen LogP contribution in [0.3, 0.4) is 0 Å². The number of likely N-dealkylation sites (tertiary alicyclic amines) is 1. The van der Waals surface area contributed by atoms with Crippen LogP contribution in [0.5, 0.6) is 0 Å².